The molecule has 0 fully saturated rings. The Morgan fingerprint density at radius 3 is 2.59 bits per heavy atom. The Morgan fingerprint density at radius 2 is 1.88 bits per heavy atom. The standard InChI is InChI=1S/C14H10ClNO/c15-13-7-6-11(8-9-16)10-14(13)17-12-4-2-1-3-5-12/h1-7,10H,8H2. The van der Waals surface area contributed by atoms with Crippen molar-refractivity contribution >= 4 is 11.6 Å². The number of ether oxygens (including phenoxy) is 1. The lowest BCUT2D eigenvalue weighted by molar-refractivity contribution is 0.482. The smallest absolute Gasteiger partial charge is 0.146 e. The number of hydrogen-bond donors (Lipinski definition) is 0. The van der Waals surface area contributed by atoms with E-state index in [0.29, 0.717) is 17.2 Å². The van der Waals surface area contributed by atoms with E-state index in [4.69, 9.17) is 21.6 Å². The quantitative estimate of drug-likeness (QED) is 0.810. The van der Waals surface area contributed by atoms with Gasteiger partial charge < -0.3 is 4.74 Å². The molecule has 0 amide bonds. The van der Waals surface area contributed by atoms with E-state index < -0.39 is 0 Å². The van der Waals surface area contributed by atoms with Crippen LogP contribution in [-0.4, -0.2) is 0 Å². The molecule has 84 valence electrons. The van der Waals surface area contributed by atoms with Crippen molar-refractivity contribution in [1.29, 1.82) is 5.26 Å². The highest BCUT2D eigenvalue weighted by Crippen LogP contribution is 2.30. The molecule has 0 aliphatic rings. The summed E-state index contributed by atoms with van der Waals surface area (Å²) in [5.74, 6) is 1.30. The van der Waals surface area contributed by atoms with Crippen molar-refractivity contribution in [1.82, 2.24) is 0 Å². The van der Waals surface area contributed by atoms with E-state index in [1.165, 1.54) is 0 Å². The number of nitrogens with zero attached hydrogens (tertiary/aromatic N) is 1. The van der Waals surface area contributed by atoms with Gasteiger partial charge in [-0.3, -0.25) is 0 Å². The lowest BCUT2D eigenvalue weighted by Crippen LogP contribution is -1.88. The summed E-state index contributed by atoms with van der Waals surface area (Å²) >= 11 is 6.04. The molecule has 2 aromatic rings. The maximum atomic E-state index is 8.65. The van der Waals surface area contributed by atoms with E-state index in [2.05, 4.69) is 6.07 Å². The first-order valence-corrected chi connectivity index (χ1v) is 5.55. The third kappa shape index (κ3) is 2.99. The van der Waals surface area contributed by atoms with Gasteiger partial charge in [-0.05, 0) is 29.8 Å². The van der Waals surface area contributed by atoms with Gasteiger partial charge in [-0.25, -0.2) is 0 Å². The monoisotopic (exact) mass is 243 g/mol. The SMILES string of the molecule is N#CCc1ccc(Cl)c(Oc2ccccc2)c1. The first kappa shape index (κ1) is 11.5. The molecule has 3 heteroatoms. The van der Waals surface area contributed by atoms with Crippen LogP contribution in [0.25, 0.3) is 0 Å². The second-order valence-electron chi connectivity index (χ2n) is 3.51. The van der Waals surface area contributed by atoms with Gasteiger partial charge in [0.25, 0.3) is 0 Å². The van der Waals surface area contributed by atoms with Crippen LogP contribution in [0.2, 0.25) is 5.02 Å². The lowest BCUT2D eigenvalue weighted by Gasteiger charge is -2.08. The zero-order valence-electron chi connectivity index (χ0n) is 9.06. The summed E-state index contributed by atoms with van der Waals surface area (Å²) in [5, 5.41) is 9.18. The molecule has 0 heterocycles. The van der Waals surface area contributed by atoms with Crippen LogP contribution in [-0.2, 0) is 6.42 Å². The highest BCUT2D eigenvalue weighted by molar-refractivity contribution is 6.32. The summed E-state index contributed by atoms with van der Waals surface area (Å²) < 4.78 is 5.65. The fourth-order valence-electron chi connectivity index (χ4n) is 1.44. The molecular weight excluding hydrogens is 234 g/mol. The second-order valence-corrected chi connectivity index (χ2v) is 3.92. The van der Waals surface area contributed by atoms with Crippen molar-refractivity contribution in [3.05, 3.63) is 59.1 Å². The number of nitriles is 1. The average molecular weight is 244 g/mol. The summed E-state index contributed by atoms with van der Waals surface area (Å²) in [6, 6.07) is 16.9. The normalized spacial score (nSPS) is 9.65. The second kappa shape index (κ2) is 5.38. The van der Waals surface area contributed by atoms with Gasteiger partial charge >= 0.3 is 0 Å². The molecule has 0 spiro atoms. The molecular formula is C14H10ClNO. The van der Waals surface area contributed by atoms with Gasteiger partial charge in [0.15, 0.2) is 0 Å². The van der Waals surface area contributed by atoms with Crippen molar-refractivity contribution < 1.29 is 4.74 Å². The van der Waals surface area contributed by atoms with Gasteiger partial charge in [-0.1, -0.05) is 35.9 Å². The van der Waals surface area contributed by atoms with Crippen LogP contribution >= 0.6 is 11.6 Å². The molecule has 0 bridgehead atoms. The fraction of sp³-hybridized carbons (Fsp3) is 0.0714. The molecule has 2 nitrogen and oxygen atoms in total. The largest absolute Gasteiger partial charge is 0.456 e. The zero-order valence-corrected chi connectivity index (χ0v) is 9.82. The van der Waals surface area contributed by atoms with E-state index in [-0.39, 0.29) is 0 Å². The van der Waals surface area contributed by atoms with Gasteiger partial charge in [-0.15, -0.1) is 0 Å². The number of rotatable bonds is 3. The van der Waals surface area contributed by atoms with Crippen molar-refractivity contribution in [2.75, 3.05) is 0 Å². The fourth-order valence-corrected chi connectivity index (χ4v) is 1.60. The Kier molecular flexibility index (Phi) is 3.64. The summed E-state index contributed by atoms with van der Waals surface area (Å²) in [5.41, 5.74) is 0.892. The maximum absolute atomic E-state index is 8.65. The maximum Gasteiger partial charge on any atom is 0.146 e. The number of para-hydroxylation sites is 1. The van der Waals surface area contributed by atoms with Crippen LogP contribution < -0.4 is 4.74 Å². The highest BCUT2D eigenvalue weighted by Gasteiger charge is 2.04. The Bertz CT molecular complexity index is 546. The number of halogens is 1. The molecule has 0 saturated heterocycles. The topological polar surface area (TPSA) is 33.0 Å². The molecule has 2 aromatic carbocycles. The van der Waals surface area contributed by atoms with E-state index in [1.807, 2.05) is 36.4 Å². The molecule has 0 unspecified atom stereocenters. The average Bonchev–Trinajstić information content (AvgIpc) is 2.35. The van der Waals surface area contributed by atoms with E-state index >= 15 is 0 Å². The van der Waals surface area contributed by atoms with Crippen molar-refractivity contribution in [2.24, 2.45) is 0 Å². The molecule has 0 radical (unpaired) electrons. The van der Waals surface area contributed by atoms with Crippen LogP contribution in [0.15, 0.2) is 48.5 Å². The highest BCUT2D eigenvalue weighted by atomic mass is 35.5. The molecule has 0 saturated carbocycles. The van der Waals surface area contributed by atoms with Gasteiger partial charge in [-0.2, -0.15) is 5.26 Å². The Labute approximate surface area is 105 Å². The molecule has 0 N–H and O–H groups in total. The van der Waals surface area contributed by atoms with E-state index in [9.17, 15) is 0 Å². The van der Waals surface area contributed by atoms with Crippen LogP contribution in [0.3, 0.4) is 0 Å². The lowest BCUT2D eigenvalue weighted by atomic mass is 10.1. The van der Waals surface area contributed by atoms with Crippen LogP contribution in [0, 0.1) is 11.3 Å². The Morgan fingerprint density at radius 1 is 1.12 bits per heavy atom. The zero-order chi connectivity index (χ0) is 12.1. The predicted octanol–water partition coefficient (Wildman–Crippen LogP) is 4.20. The van der Waals surface area contributed by atoms with Crippen molar-refractivity contribution in [3.8, 4) is 17.6 Å². The van der Waals surface area contributed by atoms with Gasteiger partial charge in [0.05, 0.1) is 17.5 Å². The third-order valence-corrected chi connectivity index (χ3v) is 2.56. The van der Waals surface area contributed by atoms with E-state index in [1.54, 1.807) is 12.1 Å². The molecule has 2 rings (SSSR count). The van der Waals surface area contributed by atoms with Crippen LogP contribution in [0.4, 0.5) is 0 Å². The molecule has 0 aliphatic heterocycles. The first-order valence-electron chi connectivity index (χ1n) is 5.18. The number of hydrogen-bond acceptors (Lipinski definition) is 2. The molecule has 0 aromatic heterocycles. The summed E-state index contributed by atoms with van der Waals surface area (Å²) in [6.45, 7) is 0. The van der Waals surface area contributed by atoms with Gasteiger partial charge in [0, 0.05) is 0 Å². The minimum Gasteiger partial charge on any atom is -0.456 e. The van der Waals surface area contributed by atoms with Crippen LogP contribution in [0.1, 0.15) is 5.56 Å². The van der Waals surface area contributed by atoms with Crippen molar-refractivity contribution in [3.63, 3.8) is 0 Å². The summed E-state index contributed by atoms with van der Waals surface area (Å²) in [6.07, 6.45) is 0.350. The predicted molar refractivity (Wildman–Crippen MR) is 67.3 cm³/mol. The minimum absolute atomic E-state index is 0.350. The first-order chi connectivity index (χ1) is 8.29. The third-order valence-electron chi connectivity index (χ3n) is 2.25. The minimum atomic E-state index is 0.350. The van der Waals surface area contributed by atoms with Crippen LogP contribution in [0.5, 0.6) is 11.5 Å². The van der Waals surface area contributed by atoms with E-state index in [0.717, 1.165) is 11.3 Å². The molecule has 0 aliphatic carbocycles. The Hall–Kier alpha value is -1.98. The van der Waals surface area contributed by atoms with Crippen molar-refractivity contribution in [2.45, 2.75) is 6.42 Å². The Balaban J connectivity index is 2.26. The summed E-state index contributed by atoms with van der Waals surface area (Å²) in [4.78, 5) is 0. The van der Waals surface area contributed by atoms with Gasteiger partial charge in [0.2, 0.25) is 0 Å². The molecule has 0 atom stereocenters. The summed E-state index contributed by atoms with van der Waals surface area (Å²) in [7, 11) is 0. The molecule has 17 heavy (non-hydrogen) atoms. The van der Waals surface area contributed by atoms with Gasteiger partial charge in [0.1, 0.15) is 11.5 Å². The number of benzene rings is 2.